The molecule has 112 valence electrons. The maximum Gasteiger partial charge on any atom is 0.256 e. The molecular formula is C16H21N3O2. The Morgan fingerprint density at radius 3 is 2.71 bits per heavy atom. The Hall–Kier alpha value is -2.17. The summed E-state index contributed by atoms with van der Waals surface area (Å²) >= 11 is 0. The second kappa shape index (κ2) is 6.52. The molecule has 0 aromatic heterocycles. The molecule has 21 heavy (non-hydrogen) atoms. The first-order valence-electron chi connectivity index (χ1n) is 7.16. The van der Waals surface area contributed by atoms with E-state index in [0.717, 1.165) is 12.8 Å². The third-order valence-electron chi connectivity index (χ3n) is 4.07. The van der Waals surface area contributed by atoms with Gasteiger partial charge in [0.2, 0.25) is 0 Å². The molecule has 0 spiro atoms. The van der Waals surface area contributed by atoms with E-state index in [-0.39, 0.29) is 23.7 Å². The van der Waals surface area contributed by atoms with Gasteiger partial charge in [0.1, 0.15) is 5.78 Å². The minimum atomic E-state index is -0.0693. The van der Waals surface area contributed by atoms with Crippen LogP contribution in [0.15, 0.2) is 29.4 Å². The van der Waals surface area contributed by atoms with Gasteiger partial charge in [-0.3, -0.25) is 15.0 Å². The number of ketones is 1. The van der Waals surface area contributed by atoms with E-state index in [1.54, 1.807) is 24.0 Å². The smallest absolute Gasteiger partial charge is 0.256 e. The van der Waals surface area contributed by atoms with Gasteiger partial charge in [-0.1, -0.05) is 12.1 Å². The fourth-order valence-corrected chi connectivity index (χ4v) is 2.73. The Bertz CT molecular complexity index is 556. The van der Waals surface area contributed by atoms with Gasteiger partial charge < -0.3 is 4.90 Å². The van der Waals surface area contributed by atoms with Crippen molar-refractivity contribution in [1.82, 2.24) is 4.90 Å². The second-order valence-corrected chi connectivity index (χ2v) is 5.51. The van der Waals surface area contributed by atoms with Gasteiger partial charge in [0.25, 0.3) is 5.91 Å². The van der Waals surface area contributed by atoms with Crippen LogP contribution in [0.2, 0.25) is 0 Å². The van der Waals surface area contributed by atoms with Crippen molar-refractivity contribution in [2.24, 2.45) is 11.0 Å². The van der Waals surface area contributed by atoms with Crippen LogP contribution in [-0.2, 0) is 4.79 Å². The highest BCUT2D eigenvalue weighted by Crippen LogP contribution is 2.26. The summed E-state index contributed by atoms with van der Waals surface area (Å²) in [7, 11) is 0. The summed E-state index contributed by atoms with van der Waals surface area (Å²) in [6.07, 6.45) is 1.71. The van der Waals surface area contributed by atoms with E-state index in [4.69, 9.17) is 0 Å². The van der Waals surface area contributed by atoms with Crippen LogP contribution in [0, 0.1) is 5.92 Å². The van der Waals surface area contributed by atoms with Gasteiger partial charge in [0, 0.05) is 25.2 Å². The number of hydrazone groups is 1. The van der Waals surface area contributed by atoms with Crippen LogP contribution >= 0.6 is 0 Å². The number of likely N-dealkylation sites (tertiary alicyclic amines) is 1. The van der Waals surface area contributed by atoms with Crippen LogP contribution in [0.1, 0.15) is 37.0 Å². The highest BCUT2D eigenvalue weighted by molar-refractivity contribution is 6.00. The van der Waals surface area contributed by atoms with E-state index >= 15 is 0 Å². The lowest BCUT2D eigenvalue weighted by atomic mass is 9.90. The third kappa shape index (κ3) is 3.29. The standard InChI is InChI=1S/C16H21N3O2/c1-11-8-9-13(12(2)20)10-19(11)16(21)14-6-4-5-7-15(14)18-17-3/h4-7,11,13,18H,3,8-10H2,1-2H3/t11-,13-/m1/s1. The Morgan fingerprint density at radius 1 is 1.33 bits per heavy atom. The van der Waals surface area contributed by atoms with E-state index < -0.39 is 0 Å². The third-order valence-corrected chi connectivity index (χ3v) is 4.07. The monoisotopic (exact) mass is 287 g/mol. The highest BCUT2D eigenvalue weighted by atomic mass is 16.2. The van der Waals surface area contributed by atoms with Crippen molar-refractivity contribution in [3.8, 4) is 0 Å². The van der Waals surface area contributed by atoms with E-state index in [0.29, 0.717) is 17.8 Å². The van der Waals surface area contributed by atoms with Crippen LogP contribution in [-0.4, -0.2) is 35.9 Å². The molecule has 0 bridgehead atoms. The minimum Gasteiger partial charge on any atom is -0.335 e. The largest absolute Gasteiger partial charge is 0.335 e. The molecule has 0 radical (unpaired) electrons. The number of nitrogens with one attached hydrogen (secondary N) is 1. The molecule has 5 heteroatoms. The Morgan fingerprint density at radius 2 is 2.05 bits per heavy atom. The van der Waals surface area contributed by atoms with Crippen molar-refractivity contribution in [3.05, 3.63) is 29.8 Å². The molecule has 1 heterocycles. The topological polar surface area (TPSA) is 61.8 Å². The van der Waals surface area contributed by atoms with Gasteiger partial charge in [0.05, 0.1) is 11.3 Å². The second-order valence-electron chi connectivity index (χ2n) is 5.51. The summed E-state index contributed by atoms with van der Waals surface area (Å²) in [6.45, 7) is 7.50. The normalized spacial score (nSPS) is 21.7. The molecule has 2 rings (SSSR count). The summed E-state index contributed by atoms with van der Waals surface area (Å²) < 4.78 is 0. The summed E-state index contributed by atoms with van der Waals surface area (Å²) in [6, 6.07) is 7.35. The first-order chi connectivity index (χ1) is 10.0. The summed E-state index contributed by atoms with van der Waals surface area (Å²) in [5.74, 6) is 0.0295. The van der Waals surface area contributed by atoms with E-state index in [1.807, 2.05) is 19.1 Å². The zero-order valence-corrected chi connectivity index (χ0v) is 12.5. The first kappa shape index (κ1) is 15.2. The Balaban J connectivity index is 2.25. The number of anilines is 1. The van der Waals surface area contributed by atoms with Crippen molar-refractivity contribution >= 4 is 24.1 Å². The number of para-hydroxylation sites is 1. The number of carbonyl (C=O) groups is 2. The fourth-order valence-electron chi connectivity index (χ4n) is 2.73. The number of benzene rings is 1. The predicted octanol–water partition coefficient (Wildman–Crippen LogP) is 2.54. The molecule has 1 aromatic rings. The number of piperidine rings is 1. The molecule has 0 saturated carbocycles. The molecule has 1 amide bonds. The SMILES string of the molecule is C=NNc1ccccc1C(=O)N1C[C@H](C(C)=O)CC[C@H]1C. The maximum absolute atomic E-state index is 12.8. The molecule has 1 saturated heterocycles. The number of rotatable bonds is 4. The zero-order valence-electron chi connectivity index (χ0n) is 12.5. The van der Waals surface area contributed by atoms with Crippen LogP contribution in [0.3, 0.4) is 0 Å². The number of carbonyl (C=O) groups excluding carboxylic acids is 2. The molecule has 1 aromatic carbocycles. The number of amides is 1. The van der Waals surface area contributed by atoms with Crippen molar-refractivity contribution in [1.29, 1.82) is 0 Å². The minimum absolute atomic E-state index is 0.0530. The van der Waals surface area contributed by atoms with Crippen LogP contribution in [0.5, 0.6) is 0 Å². The van der Waals surface area contributed by atoms with Crippen LogP contribution in [0.4, 0.5) is 5.69 Å². The molecule has 1 aliphatic heterocycles. The van der Waals surface area contributed by atoms with Crippen molar-refractivity contribution < 1.29 is 9.59 Å². The molecular weight excluding hydrogens is 266 g/mol. The molecule has 1 aliphatic rings. The van der Waals surface area contributed by atoms with E-state index in [1.165, 1.54) is 0 Å². The zero-order chi connectivity index (χ0) is 15.4. The van der Waals surface area contributed by atoms with Gasteiger partial charge in [0.15, 0.2) is 0 Å². The summed E-state index contributed by atoms with van der Waals surface area (Å²) in [5.41, 5.74) is 3.93. The Kier molecular flexibility index (Phi) is 4.73. The lowest BCUT2D eigenvalue weighted by Crippen LogP contribution is -2.47. The molecule has 1 N–H and O–H groups in total. The molecule has 0 aliphatic carbocycles. The lowest BCUT2D eigenvalue weighted by Gasteiger charge is -2.37. The fraction of sp³-hybridized carbons (Fsp3) is 0.438. The molecule has 2 atom stereocenters. The predicted molar refractivity (Wildman–Crippen MR) is 83.5 cm³/mol. The molecule has 5 nitrogen and oxygen atoms in total. The first-order valence-corrected chi connectivity index (χ1v) is 7.16. The lowest BCUT2D eigenvalue weighted by molar-refractivity contribution is -0.122. The van der Waals surface area contributed by atoms with Crippen LogP contribution in [0.25, 0.3) is 0 Å². The number of nitrogens with zero attached hydrogens (tertiary/aromatic N) is 2. The van der Waals surface area contributed by atoms with Crippen molar-refractivity contribution in [3.63, 3.8) is 0 Å². The number of hydrogen-bond acceptors (Lipinski definition) is 4. The van der Waals surface area contributed by atoms with Crippen molar-refractivity contribution in [2.75, 3.05) is 12.0 Å². The molecule has 1 fully saturated rings. The maximum atomic E-state index is 12.8. The average Bonchev–Trinajstić information content (AvgIpc) is 2.47. The number of Topliss-reactive ketones (excluding diaryl/α,β-unsaturated/α-hetero) is 1. The van der Waals surface area contributed by atoms with Gasteiger partial charge >= 0.3 is 0 Å². The van der Waals surface area contributed by atoms with Crippen molar-refractivity contribution in [2.45, 2.75) is 32.7 Å². The highest BCUT2D eigenvalue weighted by Gasteiger charge is 2.32. The number of hydrogen-bond donors (Lipinski definition) is 1. The van der Waals surface area contributed by atoms with Gasteiger partial charge in [-0.05, 0) is 38.8 Å². The summed E-state index contributed by atoms with van der Waals surface area (Å²) in [4.78, 5) is 26.2. The van der Waals surface area contributed by atoms with Gasteiger partial charge in [-0.2, -0.15) is 5.10 Å². The van der Waals surface area contributed by atoms with E-state index in [2.05, 4.69) is 17.2 Å². The van der Waals surface area contributed by atoms with Gasteiger partial charge in [-0.15, -0.1) is 0 Å². The summed E-state index contributed by atoms with van der Waals surface area (Å²) in [5, 5.41) is 3.63. The quantitative estimate of drug-likeness (QED) is 0.684. The van der Waals surface area contributed by atoms with Gasteiger partial charge in [-0.25, -0.2) is 0 Å². The average molecular weight is 287 g/mol. The van der Waals surface area contributed by atoms with E-state index in [9.17, 15) is 9.59 Å². The van der Waals surface area contributed by atoms with Crippen LogP contribution < -0.4 is 5.43 Å². The molecule has 0 unspecified atom stereocenters. The Labute approximate surface area is 125 Å².